The second-order valence-electron chi connectivity index (χ2n) is 6.60. The van der Waals surface area contributed by atoms with Crippen LogP contribution in [0.3, 0.4) is 0 Å². The average Bonchev–Trinajstić information content (AvgIpc) is 3.10. The number of hydrogen-bond acceptors (Lipinski definition) is 5. The van der Waals surface area contributed by atoms with E-state index < -0.39 is 5.60 Å². The van der Waals surface area contributed by atoms with Gasteiger partial charge in [0, 0.05) is 32.4 Å². The summed E-state index contributed by atoms with van der Waals surface area (Å²) in [6, 6.07) is 0.108. The Morgan fingerprint density at radius 1 is 1.52 bits per heavy atom. The fraction of sp³-hybridized carbons (Fsp3) is 0.786. The third-order valence-electron chi connectivity index (χ3n) is 3.21. The first kappa shape index (κ1) is 15.8. The molecule has 1 unspecified atom stereocenters. The lowest BCUT2D eigenvalue weighted by Gasteiger charge is -2.23. The zero-order valence-electron chi connectivity index (χ0n) is 13.2. The molecular weight excluding hydrogens is 270 g/mol. The summed E-state index contributed by atoms with van der Waals surface area (Å²) in [6.45, 7) is 6.95. The first-order valence-corrected chi connectivity index (χ1v) is 7.39. The van der Waals surface area contributed by atoms with Gasteiger partial charge in [-0.3, -0.25) is 4.68 Å². The van der Waals surface area contributed by atoms with E-state index in [1.54, 1.807) is 4.68 Å². The molecule has 0 radical (unpaired) electrons. The molecule has 0 aromatic carbocycles. The van der Waals surface area contributed by atoms with Crippen molar-refractivity contribution < 1.29 is 9.53 Å². The van der Waals surface area contributed by atoms with Gasteiger partial charge in [0.15, 0.2) is 0 Å². The maximum atomic E-state index is 11.9. The van der Waals surface area contributed by atoms with Crippen LogP contribution in [0.15, 0.2) is 6.20 Å². The zero-order valence-corrected chi connectivity index (χ0v) is 13.2. The maximum absolute atomic E-state index is 11.9. The molecule has 1 amide bonds. The Labute approximate surface area is 125 Å². The number of aromatic nitrogens is 3. The van der Waals surface area contributed by atoms with Crippen LogP contribution in [0.1, 0.15) is 39.3 Å². The number of carbonyl (C=O) groups excluding carboxylic acids is 1. The van der Waals surface area contributed by atoms with Crippen LogP contribution in [0.5, 0.6) is 0 Å². The Morgan fingerprint density at radius 2 is 2.24 bits per heavy atom. The Balaban J connectivity index is 1.76. The molecule has 2 rings (SSSR count). The first-order chi connectivity index (χ1) is 9.83. The first-order valence-electron chi connectivity index (χ1n) is 7.39. The monoisotopic (exact) mass is 295 g/mol. The van der Waals surface area contributed by atoms with E-state index in [9.17, 15) is 4.79 Å². The number of amides is 1. The summed E-state index contributed by atoms with van der Waals surface area (Å²) >= 11 is 0. The molecule has 1 fully saturated rings. The molecule has 7 nitrogen and oxygen atoms in total. The molecule has 1 atom stereocenters. The maximum Gasteiger partial charge on any atom is 0.407 e. The van der Waals surface area contributed by atoms with Gasteiger partial charge in [-0.1, -0.05) is 5.21 Å². The zero-order chi connectivity index (χ0) is 15.5. The molecule has 2 N–H and O–H groups in total. The molecule has 0 spiro atoms. The normalized spacial score (nSPS) is 16.6. The smallest absolute Gasteiger partial charge is 0.407 e. The molecule has 0 saturated heterocycles. The van der Waals surface area contributed by atoms with Gasteiger partial charge in [-0.2, -0.15) is 0 Å². The predicted octanol–water partition coefficient (Wildman–Crippen LogP) is 1.21. The van der Waals surface area contributed by atoms with E-state index in [-0.39, 0.29) is 12.1 Å². The Morgan fingerprint density at radius 3 is 2.76 bits per heavy atom. The van der Waals surface area contributed by atoms with Crippen LogP contribution in [0.4, 0.5) is 4.79 Å². The fourth-order valence-corrected chi connectivity index (χ4v) is 2.13. The van der Waals surface area contributed by atoms with Gasteiger partial charge in [-0.25, -0.2) is 4.79 Å². The highest BCUT2D eigenvalue weighted by atomic mass is 16.6. The van der Waals surface area contributed by atoms with Crippen molar-refractivity contribution in [2.24, 2.45) is 13.0 Å². The van der Waals surface area contributed by atoms with Crippen LogP contribution >= 0.6 is 0 Å². The molecule has 1 aromatic heterocycles. The van der Waals surface area contributed by atoms with Gasteiger partial charge in [0.05, 0.1) is 5.69 Å². The fourth-order valence-electron chi connectivity index (χ4n) is 2.13. The Bertz CT molecular complexity index is 476. The molecule has 7 heteroatoms. The second kappa shape index (κ2) is 6.43. The Hall–Kier alpha value is -1.63. The summed E-state index contributed by atoms with van der Waals surface area (Å²) in [6.07, 6.45) is 3.85. The lowest BCUT2D eigenvalue weighted by atomic mass is 10.2. The predicted molar refractivity (Wildman–Crippen MR) is 78.6 cm³/mol. The summed E-state index contributed by atoms with van der Waals surface area (Å²) < 4.78 is 6.99. The minimum absolute atomic E-state index is 0.108. The number of nitrogens with one attached hydrogen (secondary N) is 2. The van der Waals surface area contributed by atoms with Crippen molar-refractivity contribution in [1.29, 1.82) is 0 Å². The van der Waals surface area contributed by atoms with Crippen molar-refractivity contribution >= 4 is 6.09 Å². The van der Waals surface area contributed by atoms with Crippen molar-refractivity contribution in [3.8, 4) is 0 Å². The summed E-state index contributed by atoms with van der Waals surface area (Å²) in [4.78, 5) is 11.9. The molecular formula is C14H25N5O2. The van der Waals surface area contributed by atoms with Crippen molar-refractivity contribution in [2.45, 2.75) is 51.8 Å². The van der Waals surface area contributed by atoms with Crippen molar-refractivity contribution in [1.82, 2.24) is 25.6 Å². The van der Waals surface area contributed by atoms with E-state index >= 15 is 0 Å². The van der Waals surface area contributed by atoms with Crippen molar-refractivity contribution in [3.63, 3.8) is 0 Å². The largest absolute Gasteiger partial charge is 0.444 e. The van der Waals surface area contributed by atoms with E-state index in [1.807, 2.05) is 34.0 Å². The topological polar surface area (TPSA) is 81.1 Å². The number of alkyl carbamates (subject to hydrolysis) is 1. The summed E-state index contributed by atoms with van der Waals surface area (Å²) in [7, 11) is 1.84. The minimum atomic E-state index is -0.467. The molecule has 0 aliphatic heterocycles. The Kier molecular flexibility index (Phi) is 4.82. The van der Waals surface area contributed by atoms with Gasteiger partial charge in [0.2, 0.25) is 0 Å². The number of rotatable bonds is 6. The van der Waals surface area contributed by atoms with Crippen LogP contribution in [0.2, 0.25) is 0 Å². The van der Waals surface area contributed by atoms with Crippen LogP contribution in [-0.2, 0) is 18.3 Å². The van der Waals surface area contributed by atoms with E-state index in [2.05, 4.69) is 20.9 Å². The molecule has 21 heavy (non-hydrogen) atoms. The number of nitrogens with zero attached hydrogens (tertiary/aromatic N) is 3. The van der Waals surface area contributed by atoms with E-state index in [1.165, 1.54) is 0 Å². The van der Waals surface area contributed by atoms with Crippen LogP contribution in [-0.4, -0.2) is 39.3 Å². The molecule has 1 aliphatic carbocycles. The van der Waals surface area contributed by atoms with Crippen molar-refractivity contribution in [2.75, 3.05) is 6.54 Å². The molecule has 1 aromatic rings. The number of carbonyl (C=O) groups is 1. The third kappa shape index (κ3) is 5.71. The highest BCUT2D eigenvalue weighted by molar-refractivity contribution is 5.68. The van der Waals surface area contributed by atoms with Gasteiger partial charge >= 0.3 is 6.09 Å². The van der Waals surface area contributed by atoms with Crippen molar-refractivity contribution in [3.05, 3.63) is 11.9 Å². The highest BCUT2D eigenvalue weighted by Gasteiger charge is 2.33. The van der Waals surface area contributed by atoms with Crippen LogP contribution < -0.4 is 10.6 Å². The number of hydrogen-bond donors (Lipinski definition) is 2. The number of aryl methyl sites for hydroxylation is 1. The summed E-state index contributed by atoms with van der Waals surface area (Å²) in [5, 5.41) is 14.2. The highest BCUT2D eigenvalue weighted by Crippen LogP contribution is 2.32. The van der Waals surface area contributed by atoms with E-state index in [4.69, 9.17) is 4.74 Å². The van der Waals surface area contributed by atoms with Gasteiger partial charge in [0.25, 0.3) is 0 Å². The molecule has 118 valence electrons. The van der Waals surface area contributed by atoms with Gasteiger partial charge in [-0.15, -0.1) is 5.10 Å². The van der Waals surface area contributed by atoms with E-state index in [0.29, 0.717) is 19.0 Å². The number of ether oxygens (including phenoxy) is 1. The molecule has 1 heterocycles. The van der Waals surface area contributed by atoms with E-state index in [0.717, 1.165) is 18.5 Å². The molecule has 1 aliphatic rings. The summed E-state index contributed by atoms with van der Waals surface area (Å²) in [5.74, 6) is 0.548. The standard InChI is InChI=1S/C14H25N5O2/c1-14(2,3)21-13(20)16-12(10-5-6-10)8-15-7-11-9-19(4)18-17-11/h9-10,12,15H,5-8H2,1-4H3,(H,16,20). The quantitative estimate of drug-likeness (QED) is 0.824. The lowest BCUT2D eigenvalue weighted by Crippen LogP contribution is -2.45. The van der Waals surface area contributed by atoms with Crippen LogP contribution in [0.25, 0.3) is 0 Å². The van der Waals surface area contributed by atoms with Gasteiger partial charge < -0.3 is 15.4 Å². The lowest BCUT2D eigenvalue weighted by molar-refractivity contribution is 0.0497. The molecule has 0 bridgehead atoms. The van der Waals surface area contributed by atoms with Crippen LogP contribution in [0, 0.1) is 5.92 Å². The van der Waals surface area contributed by atoms with Gasteiger partial charge in [0.1, 0.15) is 5.60 Å². The summed E-state index contributed by atoms with van der Waals surface area (Å²) in [5.41, 5.74) is 0.426. The average molecular weight is 295 g/mol. The second-order valence-corrected chi connectivity index (χ2v) is 6.60. The third-order valence-corrected chi connectivity index (χ3v) is 3.21. The molecule has 1 saturated carbocycles. The SMILES string of the molecule is Cn1cc(CNCC(NC(=O)OC(C)(C)C)C2CC2)nn1. The minimum Gasteiger partial charge on any atom is -0.444 e. The van der Waals surface area contributed by atoms with Gasteiger partial charge in [-0.05, 0) is 39.5 Å².